The molecule has 0 aromatic heterocycles. The molecule has 0 unspecified atom stereocenters. The number of nitrogens with two attached hydrogens (primary N) is 1. The Labute approximate surface area is 112 Å². The summed E-state index contributed by atoms with van der Waals surface area (Å²) in [6.45, 7) is 5.11. The van der Waals surface area contributed by atoms with Crippen LogP contribution in [-0.2, 0) is 14.3 Å². The number of carbonyl (C=O) groups is 2. The molecule has 3 N–H and O–H groups in total. The number of anilines is 1. The molecule has 1 aromatic rings. The molecule has 0 aliphatic heterocycles. The second-order valence-electron chi connectivity index (χ2n) is 4.30. The zero-order chi connectivity index (χ0) is 14.6. The van der Waals surface area contributed by atoms with E-state index in [2.05, 4.69) is 10.1 Å². The lowest BCUT2D eigenvalue weighted by Gasteiger charge is -2.10. The van der Waals surface area contributed by atoms with E-state index in [1.807, 2.05) is 26.0 Å². The Balaban J connectivity index is 3.29. The van der Waals surface area contributed by atoms with Gasteiger partial charge < -0.3 is 15.8 Å². The number of nitrogen functional groups attached to an aromatic ring is 1. The highest BCUT2D eigenvalue weighted by atomic mass is 16.5. The summed E-state index contributed by atoms with van der Waals surface area (Å²) < 4.78 is 4.64. The van der Waals surface area contributed by atoms with Crippen molar-refractivity contribution < 1.29 is 14.3 Å². The van der Waals surface area contributed by atoms with E-state index in [0.29, 0.717) is 5.69 Å². The lowest BCUT2D eigenvalue weighted by atomic mass is 10.0. The van der Waals surface area contributed by atoms with Crippen molar-refractivity contribution in [2.45, 2.75) is 20.8 Å². The Hall–Kier alpha value is -2.30. The molecule has 0 fully saturated rings. The number of aryl methyl sites for hydroxylation is 2. The molecule has 0 aliphatic carbocycles. The van der Waals surface area contributed by atoms with Gasteiger partial charge in [0.15, 0.2) is 0 Å². The monoisotopic (exact) mass is 262 g/mol. The lowest BCUT2D eigenvalue weighted by molar-refractivity contribution is -0.137. The second-order valence-corrected chi connectivity index (χ2v) is 4.30. The number of hydrogen-bond donors (Lipinski definition) is 2. The predicted molar refractivity (Wildman–Crippen MR) is 74.1 cm³/mol. The number of rotatable bonds is 3. The highest BCUT2D eigenvalue weighted by molar-refractivity contribution is 5.97. The molecule has 0 heterocycles. The summed E-state index contributed by atoms with van der Waals surface area (Å²) >= 11 is 0. The Morgan fingerprint density at radius 3 is 2.21 bits per heavy atom. The number of ether oxygens (including phenoxy) is 1. The minimum Gasteiger partial charge on any atom is -0.464 e. The molecule has 19 heavy (non-hydrogen) atoms. The molecular weight excluding hydrogens is 244 g/mol. The third-order valence-corrected chi connectivity index (χ3v) is 2.62. The number of methoxy groups -OCH3 is 1. The summed E-state index contributed by atoms with van der Waals surface area (Å²) in [5.41, 5.74) is 9.18. The van der Waals surface area contributed by atoms with Gasteiger partial charge in [0.25, 0.3) is 0 Å². The number of hydrogen-bond acceptors (Lipinski definition) is 4. The van der Waals surface area contributed by atoms with E-state index in [0.717, 1.165) is 16.7 Å². The van der Waals surface area contributed by atoms with Crippen LogP contribution in [0.15, 0.2) is 17.8 Å². The molecule has 0 aliphatic rings. The van der Waals surface area contributed by atoms with Gasteiger partial charge in [0.1, 0.15) is 5.70 Å². The molecule has 5 heteroatoms. The van der Waals surface area contributed by atoms with Gasteiger partial charge in [-0.3, -0.25) is 4.79 Å². The van der Waals surface area contributed by atoms with Crippen molar-refractivity contribution in [3.8, 4) is 0 Å². The Bertz CT molecular complexity index is 525. The fraction of sp³-hybridized carbons (Fsp3) is 0.286. The smallest absolute Gasteiger partial charge is 0.354 e. The fourth-order valence-corrected chi connectivity index (χ4v) is 1.83. The van der Waals surface area contributed by atoms with Gasteiger partial charge in [-0.05, 0) is 48.7 Å². The van der Waals surface area contributed by atoms with Crippen molar-refractivity contribution in [2.24, 2.45) is 0 Å². The molecule has 1 rings (SSSR count). The molecule has 0 atom stereocenters. The van der Waals surface area contributed by atoms with E-state index >= 15 is 0 Å². The zero-order valence-electron chi connectivity index (χ0n) is 11.5. The van der Waals surface area contributed by atoms with Crippen LogP contribution in [0.5, 0.6) is 0 Å². The van der Waals surface area contributed by atoms with Crippen LogP contribution in [0.2, 0.25) is 0 Å². The second kappa shape index (κ2) is 6.04. The van der Waals surface area contributed by atoms with Gasteiger partial charge in [-0.15, -0.1) is 0 Å². The minimum atomic E-state index is -0.592. The average Bonchev–Trinajstić information content (AvgIpc) is 2.30. The van der Waals surface area contributed by atoms with E-state index in [1.165, 1.54) is 14.0 Å². The standard InChI is InChI=1S/C14H18N2O3/c1-8-5-11(15)6-9(2)12(8)7-13(14(18)19-4)16-10(3)17/h5-7H,15H2,1-4H3,(H,16,17)/b13-7+. The van der Waals surface area contributed by atoms with Gasteiger partial charge >= 0.3 is 5.97 Å². The lowest BCUT2D eigenvalue weighted by Crippen LogP contribution is -2.25. The van der Waals surface area contributed by atoms with Crippen molar-refractivity contribution in [2.75, 3.05) is 12.8 Å². The Morgan fingerprint density at radius 2 is 1.79 bits per heavy atom. The molecule has 0 saturated heterocycles. The van der Waals surface area contributed by atoms with E-state index in [-0.39, 0.29) is 11.6 Å². The third kappa shape index (κ3) is 3.84. The predicted octanol–water partition coefficient (Wildman–Crippen LogP) is 1.54. The largest absolute Gasteiger partial charge is 0.464 e. The summed E-state index contributed by atoms with van der Waals surface area (Å²) in [5, 5.41) is 2.46. The molecule has 0 spiro atoms. The van der Waals surface area contributed by atoms with E-state index in [4.69, 9.17) is 5.73 Å². The van der Waals surface area contributed by atoms with Crippen molar-refractivity contribution in [1.82, 2.24) is 5.32 Å². The summed E-state index contributed by atoms with van der Waals surface area (Å²) in [4.78, 5) is 22.7. The first kappa shape index (κ1) is 14.8. The SMILES string of the molecule is COC(=O)/C(=C\c1c(C)cc(N)cc1C)NC(C)=O. The van der Waals surface area contributed by atoms with Crippen LogP contribution in [0, 0.1) is 13.8 Å². The van der Waals surface area contributed by atoms with Gasteiger partial charge in [0.05, 0.1) is 7.11 Å². The van der Waals surface area contributed by atoms with Crippen LogP contribution < -0.4 is 11.1 Å². The van der Waals surface area contributed by atoms with Crippen molar-refractivity contribution in [3.63, 3.8) is 0 Å². The normalized spacial score (nSPS) is 11.1. The summed E-state index contributed by atoms with van der Waals surface area (Å²) in [5.74, 6) is -0.923. The molecule has 102 valence electrons. The molecule has 1 amide bonds. The number of esters is 1. The molecule has 1 aromatic carbocycles. The zero-order valence-corrected chi connectivity index (χ0v) is 11.5. The average molecular weight is 262 g/mol. The van der Waals surface area contributed by atoms with Crippen molar-refractivity contribution in [1.29, 1.82) is 0 Å². The van der Waals surface area contributed by atoms with Gasteiger partial charge in [0, 0.05) is 12.6 Å². The number of nitrogens with one attached hydrogen (secondary N) is 1. The fourth-order valence-electron chi connectivity index (χ4n) is 1.83. The summed E-state index contributed by atoms with van der Waals surface area (Å²) in [7, 11) is 1.26. The van der Waals surface area contributed by atoms with E-state index in [9.17, 15) is 9.59 Å². The van der Waals surface area contributed by atoms with Crippen LogP contribution in [0.3, 0.4) is 0 Å². The van der Waals surface area contributed by atoms with Crippen LogP contribution >= 0.6 is 0 Å². The van der Waals surface area contributed by atoms with E-state index < -0.39 is 5.97 Å². The topological polar surface area (TPSA) is 81.4 Å². The van der Waals surface area contributed by atoms with Crippen LogP contribution in [0.4, 0.5) is 5.69 Å². The number of benzene rings is 1. The molecule has 0 bridgehead atoms. The first-order valence-electron chi connectivity index (χ1n) is 5.79. The Morgan fingerprint density at radius 1 is 1.26 bits per heavy atom. The van der Waals surface area contributed by atoms with Crippen LogP contribution in [0.1, 0.15) is 23.6 Å². The molecule has 5 nitrogen and oxygen atoms in total. The Kier molecular flexibility index (Phi) is 4.69. The van der Waals surface area contributed by atoms with Crippen molar-refractivity contribution >= 4 is 23.6 Å². The maximum atomic E-state index is 11.6. The molecule has 0 saturated carbocycles. The maximum absolute atomic E-state index is 11.6. The van der Waals surface area contributed by atoms with E-state index in [1.54, 1.807) is 6.08 Å². The van der Waals surface area contributed by atoms with Gasteiger partial charge in [-0.2, -0.15) is 0 Å². The summed E-state index contributed by atoms with van der Waals surface area (Å²) in [6, 6.07) is 3.61. The van der Waals surface area contributed by atoms with Crippen molar-refractivity contribution in [3.05, 3.63) is 34.5 Å². The first-order chi connectivity index (χ1) is 8.85. The maximum Gasteiger partial charge on any atom is 0.354 e. The third-order valence-electron chi connectivity index (χ3n) is 2.62. The summed E-state index contributed by atoms with van der Waals surface area (Å²) in [6.07, 6.45) is 1.59. The molecular formula is C14H18N2O3. The minimum absolute atomic E-state index is 0.103. The first-order valence-corrected chi connectivity index (χ1v) is 5.79. The van der Waals surface area contributed by atoms with Gasteiger partial charge in [-0.25, -0.2) is 4.79 Å². The number of carbonyl (C=O) groups excluding carboxylic acids is 2. The highest BCUT2D eigenvalue weighted by Crippen LogP contribution is 2.20. The van der Waals surface area contributed by atoms with Gasteiger partial charge in [0.2, 0.25) is 5.91 Å². The quantitative estimate of drug-likeness (QED) is 0.492. The van der Waals surface area contributed by atoms with Crippen LogP contribution in [0.25, 0.3) is 6.08 Å². The number of amides is 1. The molecule has 0 radical (unpaired) electrons. The highest BCUT2D eigenvalue weighted by Gasteiger charge is 2.13. The van der Waals surface area contributed by atoms with Gasteiger partial charge in [-0.1, -0.05) is 0 Å². The van der Waals surface area contributed by atoms with Crippen LogP contribution in [-0.4, -0.2) is 19.0 Å².